The van der Waals surface area contributed by atoms with E-state index in [1.54, 1.807) is 17.8 Å². The van der Waals surface area contributed by atoms with E-state index in [9.17, 15) is 4.39 Å². The molecule has 3 aromatic rings. The van der Waals surface area contributed by atoms with E-state index >= 15 is 0 Å². The van der Waals surface area contributed by atoms with Crippen molar-refractivity contribution >= 4 is 33.3 Å². The van der Waals surface area contributed by atoms with Gasteiger partial charge in [0.1, 0.15) is 5.82 Å². The smallest absolute Gasteiger partial charge is 0.195 e. The summed E-state index contributed by atoms with van der Waals surface area (Å²) in [5.41, 5.74) is 1.85. The lowest BCUT2D eigenvalue weighted by molar-refractivity contribution is 0.626. The highest BCUT2D eigenvalue weighted by Gasteiger charge is 2.07. The summed E-state index contributed by atoms with van der Waals surface area (Å²) in [6, 6.07) is 10.5. The van der Waals surface area contributed by atoms with Gasteiger partial charge >= 0.3 is 0 Å². The highest BCUT2D eigenvalue weighted by Crippen LogP contribution is 2.26. The molecule has 3 nitrogen and oxygen atoms in total. The molecule has 0 atom stereocenters. The van der Waals surface area contributed by atoms with E-state index in [2.05, 4.69) is 26.1 Å². The van der Waals surface area contributed by atoms with Crippen molar-refractivity contribution in [2.24, 2.45) is 0 Å². The molecule has 0 N–H and O–H groups in total. The van der Waals surface area contributed by atoms with E-state index in [4.69, 9.17) is 0 Å². The van der Waals surface area contributed by atoms with Crippen LogP contribution in [0, 0.1) is 5.82 Å². The molecule has 0 aliphatic carbocycles. The summed E-state index contributed by atoms with van der Waals surface area (Å²) < 4.78 is 15.7. The van der Waals surface area contributed by atoms with Crippen LogP contribution in [0.15, 0.2) is 52.2 Å². The fourth-order valence-corrected chi connectivity index (χ4v) is 3.30. The number of thioether (sulfide) groups is 1. The minimum atomic E-state index is -0.242. The third-order valence-electron chi connectivity index (χ3n) is 2.65. The second kappa shape index (κ2) is 5.30. The van der Waals surface area contributed by atoms with Gasteiger partial charge in [-0.2, -0.15) is 0 Å². The van der Waals surface area contributed by atoms with Crippen molar-refractivity contribution in [3.8, 4) is 0 Å². The minimum absolute atomic E-state index is 0.242. The molecule has 19 heavy (non-hydrogen) atoms. The van der Waals surface area contributed by atoms with Crippen LogP contribution in [0.5, 0.6) is 0 Å². The van der Waals surface area contributed by atoms with Gasteiger partial charge in [-0.15, -0.1) is 10.2 Å². The molecule has 1 aromatic carbocycles. The number of aromatic nitrogens is 3. The molecule has 0 bridgehead atoms. The van der Waals surface area contributed by atoms with Gasteiger partial charge in [0.2, 0.25) is 0 Å². The molecule has 0 aliphatic heterocycles. The lowest BCUT2D eigenvalue weighted by atomic mass is 10.2. The molecular formula is C13H9BrFN3S. The Hall–Kier alpha value is -1.40. The number of halogens is 2. The number of nitrogens with zero attached hydrogens (tertiary/aromatic N) is 3. The topological polar surface area (TPSA) is 30.2 Å². The molecule has 6 heteroatoms. The maximum Gasteiger partial charge on any atom is 0.195 e. The first kappa shape index (κ1) is 12.6. The minimum Gasteiger partial charge on any atom is -0.277 e. The van der Waals surface area contributed by atoms with Crippen molar-refractivity contribution in [1.82, 2.24) is 14.6 Å². The van der Waals surface area contributed by atoms with Crippen molar-refractivity contribution in [1.29, 1.82) is 0 Å². The lowest BCUT2D eigenvalue weighted by Gasteiger charge is -2.03. The number of rotatable bonds is 3. The van der Waals surface area contributed by atoms with Gasteiger partial charge < -0.3 is 0 Å². The molecule has 3 rings (SSSR count). The Bertz CT molecular complexity index is 729. The normalized spacial score (nSPS) is 11.1. The lowest BCUT2D eigenvalue weighted by Crippen LogP contribution is -1.89. The van der Waals surface area contributed by atoms with Crippen LogP contribution in [0.1, 0.15) is 5.56 Å². The first-order chi connectivity index (χ1) is 9.24. The molecule has 2 aromatic heterocycles. The first-order valence-electron chi connectivity index (χ1n) is 5.60. The molecule has 0 fully saturated rings. The van der Waals surface area contributed by atoms with Gasteiger partial charge in [0.05, 0.1) is 0 Å². The zero-order valence-corrected chi connectivity index (χ0v) is 12.2. The summed E-state index contributed by atoms with van der Waals surface area (Å²) in [6.07, 6.45) is 1.93. The highest BCUT2D eigenvalue weighted by atomic mass is 79.9. The molecule has 0 saturated carbocycles. The Morgan fingerprint density at radius 2 is 2.11 bits per heavy atom. The van der Waals surface area contributed by atoms with E-state index in [1.165, 1.54) is 12.1 Å². The Labute approximate surface area is 122 Å². The molecule has 0 saturated heterocycles. The summed E-state index contributed by atoms with van der Waals surface area (Å²) in [4.78, 5) is 0. The zero-order valence-electron chi connectivity index (χ0n) is 9.75. The fourth-order valence-electron chi connectivity index (χ4n) is 1.70. The fraction of sp³-hybridized carbons (Fsp3) is 0.0769. The van der Waals surface area contributed by atoms with Crippen molar-refractivity contribution in [2.75, 3.05) is 0 Å². The summed E-state index contributed by atoms with van der Waals surface area (Å²) >= 11 is 4.93. The number of pyridine rings is 1. The van der Waals surface area contributed by atoms with Gasteiger partial charge in [0.25, 0.3) is 0 Å². The van der Waals surface area contributed by atoms with Crippen LogP contribution in [0.4, 0.5) is 4.39 Å². The van der Waals surface area contributed by atoms with E-state index < -0.39 is 0 Å². The van der Waals surface area contributed by atoms with Gasteiger partial charge in [-0.05, 0) is 29.8 Å². The third-order valence-corrected chi connectivity index (χ3v) is 4.38. The van der Waals surface area contributed by atoms with Crippen LogP contribution < -0.4 is 0 Å². The van der Waals surface area contributed by atoms with E-state index in [0.29, 0.717) is 5.75 Å². The number of hydrogen-bond donors (Lipinski definition) is 0. The van der Waals surface area contributed by atoms with E-state index in [-0.39, 0.29) is 5.82 Å². The zero-order chi connectivity index (χ0) is 13.2. The highest BCUT2D eigenvalue weighted by molar-refractivity contribution is 9.10. The standard InChI is InChI=1S/C13H9BrFN3S/c14-11-7-10(15)5-4-9(11)8-19-13-17-16-12-3-1-2-6-18(12)13/h1-7H,8H2. The predicted molar refractivity (Wildman–Crippen MR) is 76.6 cm³/mol. The predicted octanol–water partition coefficient (Wildman–Crippen LogP) is 3.92. The SMILES string of the molecule is Fc1ccc(CSc2nnc3ccccn23)c(Br)c1. The van der Waals surface area contributed by atoms with Crippen LogP contribution in [-0.2, 0) is 5.75 Å². The van der Waals surface area contributed by atoms with E-state index in [0.717, 1.165) is 20.8 Å². The van der Waals surface area contributed by atoms with Crippen molar-refractivity contribution in [2.45, 2.75) is 10.9 Å². The van der Waals surface area contributed by atoms with Crippen molar-refractivity contribution < 1.29 is 4.39 Å². The maximum atomic E-state index is 13.0. The Balaban J connectivity index is 1.82. The van der Waals surface area contributed by atoms with Crippen LogP contribution >= 0.6 is 27.7 Å². The van der Waals surface area contributed by atoms with Crippen LogP contribution in [0.3, 0.4) is 0 Å². The summed E-state index contributed by atoms with van der Waals surface area (Å²) in [7, 11) is 0. The largest absolute Gasteiger partial charge is 0.277 e. The summed E-state index contributed by atoms with van der Waals surface area (Å²) in [5, 5.41) is 9.06. The average molecular weight is 338 g/mol. The molecule has 0 radical (unpaired) electrons. The average Bonchev–Trinajstić information content (AvgIpc) is 2.81. The van der Waals surface area contributed by atoms with Crippen LogP contribution in [0.25, 0.3) is 5.65 Å². The first-order valence-corrected chi connectivity index (χ1v) is 7.38. The van der Waals surface area contributed by atoms with Gasteiger partial charge in [-0.25, -0.2) is 4.39 Å². The molecule has 0 amide bonds. The number of benzene rings is 1. The third kappa shape index (κ3) is 2.64. The Morgan fingerprint density at radius 1 is 1.21 bits per heavy atom. The molecular weight excluding hydrogens is 329 g/mol. The number of hydrogen-bond acceptors (Lipinski definition) is 3. The molecule has 0 spiro atoms. The second-order valence-corrected chi connectivity index (χ2v) is 5.73. The molecule has 2 heterocycles. The van der Waals surface area contributed by atoms with Crippen molar-refractivity contribution in [3.63, 3.8) is 0 Å². The van der Waals surface area contributed by atoms with Crippen LogP contribution in [-0.4, -0.2) is 14.6 Å². The number of fused-ring (bicyclic) bond motifs is 1. The van der Waals surface area contributed by atoms with Crippen LogP contribution in [0.2, 0.25) is 0 Å². The van der Waals surface area contributed by atoms with Gasteiger partial charge in [-0.1, -0.05) is 39.8 Å². The van der Waals surface area contributed by atoms with E-state index in [1.807, 2.05) is 28.8 Å². The van der Waals surface area contributed by atoms with Gasteiger partial charge in [0, 0.05) is 16.4 Å². The van der Waals surface area contributed by atoms with Gasteiger partial charge in [0.15, 0.2) is 10.8 Å². The Morgan fingerprint density at radius 3 is 2.95 bits per heavy atom. The maximum absolute atomic E-state index is 13.0. The van der Waals surface area contributed by atoms with Gasteiger partial charge in [-0.3, -0.25) is 4.40 Å². The Kier molecular flexibility index (Phi) is 3.52. The van der Waals surface area contributed by atoms with Crippen molar-refractivity contribution in [3.05, 3.63) is 58.4 Å². The monoisotopic (exact) mass is 337 g/mol. The quantitative estimate of drug-likeness (QED) is 0.678. The summed E-state index contributed by atoms with van der Waals surface area (Å²) in [5.74, 6) is 0.463. The second-order valence-electron chi connectivity index (χ2n) is 3.94. The summed E-state index contributed by atoms with van der Waals surface area (Å²) in [6.45, 7) is 0. The molecule has 96 valence electrons. The molecule has 0 unspecified atom stereocenters. The molecule has 0 aliphatic rings.